The van der Waals surface area contributed by atoms with Crippen LogP contribution in [0.15, 0.2) is 0 Å². The average Bonchev–Trinajstić information content (AvgIpc) is 3.78. The summed E-state index contributed by atoms with van der Waals surface area (Å²) in [6.07, 6.45) is 6.79. The van der Waals surface area contributed by atoms with Crippen LogP contribution in [0.1, 0.15) is 77.0 Å². The van der Waals surface area contributed by atoms with E-state index in [9.17, 15) is 9.65 Å². The first-order chi connectivity index (χ1) is 23.3. The topological polar surface area (TPSA) is 127 Å². The second-order valence-corrected chi connectivity index (χ2v) is 13.7. The van der Waals surface area contributed by atoms with E-state index in [0.29, 0.717) is 42.6 Å². The zero-order valence-corrected chi connectivity index (χ0v) is 29.9. The third kappa shape index (κ3) is 6.15. The van der Waals surface area contributed by atoms with Crippen molar-refractivity contribution in [1.29, 1.82) is 10.7 Å². The Hall–Kier alpha value is -3.37. The number of nitrogen functional groups attached to an aromatic ring is 1. The SMILES string of the molecule is CC.CC.C[C@H]1Cc2c(Cl)c(/C=c3\c(C#N)c(N)s\c3=C(/F)C=N)c(F)c3nc(OCC45CCCN4CCC5)nc(c23)N2CCNCC12. The van der Waals surface area contributed by atoms with Gasteiger partial charge < -0.3 is 26.1 Å². The maximum absolute atomic E-state index is 16.8. The lowest BCUT2D eigenvalue weighted by Gasteiger charge is -2.39. The maximum atomic E-state index is 16.8. The fourth-order valence-electron chi connectivity index (χ4n) is 7.67. The number of rotatable bonds is 5. The monoisotopic (exact) mass is 698 g/mol. The van der Waals surface area contributed by atoms with Crippen LogP contribution in [0.25, 0.3) is 22.8 Å². The molecule has 0 saturated carbocycles. The molecule has 258 valence electrons. The van der Waals surface area contributed by atoms with Gasteiger partial charge in [-0.1, -0.05) is 46.2 Å². The number of nitrogens with two attached hydrogens (primary N) is 1. The lowest BCUT2D eigenvalue weighted by Crippen LogP contribution is -2.54. The van der Waals surface area contributed by atoms with E-state index >= 15 is 4.39 Å². The maximum Gasteiger partial charge on any atom is 0.319 e. The quantitative estimate of drug-likeness (QED) is 0.297. The fraction of sp³-hybridized carbons (Fsp3) is 0.543. The van der Waals surface area contributed by atoms with E-state index in [1.54, 1.807) is 0 Å². The van der Waals surface area contributed by atoms with E-state index in [0.717, 1.165) is 63.2 Å². The summed E-state index contributed by atoms with van der Waals surface area (Å²) in [6, 6.07) is 2.21. The van der Waals surface area contributed by atoms with Crippen LogP contribution in [0.4, 0.5) is 19.6 Å². The van der Waals surface area contributed by atoms with Crippen molar-refractivity contribution in [3.63, 3.8) is 0 Å². The minimum absolute atomic E-state index is 0.00402. The highest BCUT2D eigenvalue weighted by molar-refractivity contribution is 7.14. The number of benzene rings is 1. The molecule has 0 spiro atoms. The van der Waals surface area contributed by atoms with E-state index in [-0.39, 0.29) is 59.9 Å². The summed E-state index contributed by atoms with van der Waals surface area (Å²) in [5.41, 5.74) is 6.77. The molecule has 0 radical (unpaired) electrons. The predicted octanol–water partition coefficient (Wildman–Crippen LogP) is 5.52. The number of hydrogen-bond acceptors (Lipinski definition) is 10. The Bertz CT molecular complexity index is 1850. The number of anilines is 2. The first-order valence-corrected chi connectivity index (χ1v) is 18.2. The van der Waals surface area contributed by atoms with Crippen LogP contribution in [0.2, 0.25) is 5.02 Å². The zero-order valence-electron chi connectivity index (χ0n) is 28.4. The number of aromatic nitrogens is 2. The minimum Gasteiger partial charge on any atom is -0.461 e. The van der Waals surface area contributed by atoms with Crippen molar-refractivity contribution in [3.8, 4) is 12.1 Å². The van der Waals surface area contributed by atoms with Gasteiger partial charge in [-0.3, -0.25) is 4.90 Å². The second-order valence-electron chi connectivity index (χ2n) is 12.3. The number of fused-ring (bicyclic) bond motifs is 3. The van der Waals surface area contributed by atoms with Gasteiger partial charge in [0.05, 0.1) is 32.3 Å². The van der Waals surface area contributed by atoms with Crippen LogP contribution in [0.5, 0.6) is 6.01 Å². The van der Waals surface area contributed by atoms with Crippen LogP contribution < -0.4 is 30.4 Å². The number of hydrogen-bond donors (Lipinski definition) is 3. The van der Waals surface area contributed by atoms with Gasteiger partial charge in [0, 0.05) is 36.5 Å². The second kappa shape index (κ2) is 15.0. The van der Waals surface area contributed by atoms with Gasteiger partial charge in [0.2, 0.25) is 0 Å². The molecule has 0 amide bonds. The molecule has 3 saturated heterocycles. The van der Waals surface area contributed by atoms with Crippen molar-refractivity contribution in [1.82, 2.24) is 20.2 Å². The molecule has 48 heavy (non-hydrogen) atoms. The van der Waals surface area contributed by atoms with Gasteiger partial charge in [-0.05, 0) is 62.8 Å². The van der Waals surface area contributed by atoms with Gasteiger partial charge in [0.15, 0.2) is 11.6 Å². The number of thiophene rings is 1. The summed E-state index contributed by atoms with van der Waals surface area (Å²) >= 11 is 7.88. The molecule has 2 atom stereocenters. The van der Waals surface area contributed by atoms with E-state index < -0.39 is 11.6 Å². The smallest absolute Gasteiger partial charge is 0.319 e. The van der Waals surface area contributed by atoms with Crippen molar-refractivity contribution in [2.45, 2.75) is 78.3 Å². The minimum atomic E-state index is -0.879. The van der Waals surface area contributed by atoms with E-state index in [4.69, 9.17) is 32.5 Å². The molecular weight excluding hydrogens is 654 g/mol. The van der Waals surface area contributed by atoms with Gasteiger partial charge in [-0.15, -0.1) is 11.3 Å². The van der Waals surface area contributed by atoms with Crippen molar-refractivity contribution in [2.75, 3.05) is 50.0 Å². The number of piperazine rings is 1. The molecule has 3 fully saturated rings. The van der Waals surface area contributed by atoms with Gasteiger partial charge in [-0.2, -0.15) is 15.2 Å². The summed E-state index contributed by atoms with van der Waals surface area (Å²) in [6.45, 7) is 14.9. The standard InChI is InChI=1S/C31H33ClF2N8OS.2C2H6/c1-16-10-18-23-26(25(34)19(24(18)32)11-17-20(12-35)28(37)44-27(17)21(33)13-36)39-30(40-29(23)42-9-6-38-14-22(16)42)43-15-31-4-2-7-41(31)8-3-5-31;2*1-2/h11,13,16,22,36,38H,2-10,14-15,37H2,1H3;2*1-2H3/b17-11+,27-21-,36-13?;;/t16-,22?;;/m0../s1. The summed E-state index contributed by atoms with van der Waals surface area (Å²) in [5, 5.41) is 21.6. The van der Waals surface area contributed by atoms with Crippen molar-refractivity contribution in [3.05, 3.63) is 37.3 Å². The summed E-state index contributed by atoms with van der Waals surface area (Å²) in [4.78, 5) is 14.3. The van der Waals surface area contributed by atoms with E-state index in [2.05, 4.69) is 27.0 Å². The lowest BCUT2D eigenvalue weighted by atomic mass is 9.91. The molecule has 6 heterocycles. The first-order valence-electron chi connectivity index (χ1n) is 17.0. The highest BCUT2D eigenvalue weighted by Gasteiger charge is 2.45. The summed E-state index contributed by atoms with van der Waals surface area (Å²) < 4.78 is 37.9. The van der Waals surface area contributed by atoms with Crippen LogP contribution in [0.3, 0.4) is 0 Å². The van der Waals surface area contributed by atoms with Gasteiger partial charge in [0.1, 0.15) is 29.0 Å². The first kappa shape index (κ1) is 35.9. The normalized spacial score (nSPS) is 22.0. The lowest BCUT2D eigenvalue weighted by molar-refractivity contribution is 0.108. The third-order valence-electron chi connectivity index (χ3n) is 9.85. The molecule has 0 aliphatic carbocycles. The zero-order chi connectivity index (χ0) is 34.7. The highest BCUT2D eigenvalue weighted by Crippen LogP contribution is 2.44. The molecule has 0 bridgehead atoms. The number of ether oxygens (including phenoxy) is 1. The Kier molecular flexibility index (Phi) is 11.2. The largest absolute Gasteiger partial charge is 0.461 e. The molecule has 7 rings (SSSR count). The van der Waals surface area contributed by atoms with Crippen LogP contribution in [-0.2, 0) is 6.42 Å². The van der Waals surface area contributed by atoms with E-state index in [1.165, 1.54) is 6.08 Å². The van der Waals surface area contributed by atoms with Crippen LogP contribution in [-0.4, -0.2) is 72.0 Å². The van der Waals surface area contributed by atoms with Gasteiger partial charge >= 0.3 is 6.01 Å². The van der Waals surface area contributed by atoms with Gasteiger partial charge in [-0.25, -0.2) is 8.78 Å². The number of nitriles is 1. The highest BCUT2D eigenvalue weighted by atomic mass is 35.5. The molecule has 9 nitrogen and oxygen atoms in total. The molecule has 3 aromatic rings. The van der Waals surface area contributed by atoms with E-state index in [1.807, 2.05) is 33.8 Å². The molecule has 2 aromatic heterocycles. The summed E-state index contributed by atoms with van der Waals surface area (Å²) in [5.74, 6) is -0.845. The average molecular weight is 699 g/mol. The Labute approximate surface area is 289 Å². The molecular formula is C35H45ClF2N8OS. The van der Waals surface area contributed by atoms with Gasteiger partial charge in [0.25, 0.3) is 0 Å². The molecule has 4 aliphatic rings. The Morgan fingerprint density at radius 3 is 2.60 bits per heavy atom. The molecule has 4 aliphatic heterocycles. The number of nitrogens with one attached hydrogen (secondary N) is 2. The Morgan fingerprint density at radius 2 is 1.94 bits per heavy atom. The fourth-order valence-corrected chi connectivity index (χ4v) is 8.88. The number of halogens is 3. The van der Waals surface area contributed by atoms with Crippen molar-refractivity contribution < 1.29 is 13.5 Å². The Balaban J connectivity index is 0.00000109. The van der Waals surface area contributed by atoms with Crippen LogP contribution >= 0.6 is 22.9 Å². The third-order valence-corrected chi connectivity index (χ3v) is 11.3. The van der Waals surface area contributed by atoms with Crippen molar-refractivity contribution in [2.24, 2.45) is 5.92 Å². The Morgan fingerprint density at radius 1 is 1.23 bits per heavy atom. The van der Waals surface area contributed by atoms with Crippen molar-refractivity contribution >= 4 is 62.8 Å². The summed E-state index contributed by atoms with van der Waals surface area (Å²) in [7, 11) is 0. The molecule has 1 aromatic carbocycles. The molecule has 1 unspecified atom stereocenters. The molecule has 4 N–H and O–H groups in total. The molecule has 13 heteroatoms. The number of nitrogens with zero attached hydrogens (tertiary/aromatic N) is 5. The predicted molar refractivity (Wildman–Crippen MR) is 192 cm³/mol. The van der Waals surface area contributed by atoms with Crippen LogP contribution in [0, 0.1) is 28.5 Å².